The van der Waals surface area contributed by atoms with Crippen molar-refractivity contribution in [2.75, 3.05) is 12.3 Å². The molecule has 0 saturated carbocycles. The van der Waals surface area contributed by atoms with Crippen LogP contribution in [0.25, 0.3) is 10.1 Å². The Morgan fingerprint density at radius 3 is 3.00 bits per heavy atom. The molecule has 0 atom stereocenters. The minimum atomic E-state index is -0.127. The van der Waals surface area contributed by atoms with Crippen molar-refractivity contribution in [1.29, 1.82) is 0 Å². The maximum Gasteiger partial charge on any atom is 0.263 e. The number of hydrogen-bond donors (Lipinski definition) is 2. The quantitative estimate of drug-likeness (QED) is 0.666. The number of carbonyl (C=O) groups is 1. The van der Waals surface area contributed by atoms with E-state index in [0.717, 1.165) is 27.9 Å². The minimum Gasteiger partial charge on any atom is -0.397 e. The molecule has 4 nitrogen and oxygen atoms in total. The molecule has 0 unspecified atom stereocenters. The van der Waals surface area contributed by atoms with Crippen LogP contribution in [0.5, 0.6) is 0 Å². The smallest absolute Gasteiger partial charge is 0.263 e. The topological polar surface area (TPSA) is 68.0 Å². The molecule has 2 aromatic heterocycles. The minimum absolute atomic E-state index is 0.127. The first-order valence-electron chi connectivity index (χ1n) is 6.10. The van der Waals surface area contributed by atoms with Gasteiger partial charge in [0.15, 0.2) is 0 Å². The van der Waals surface area contributed by atoms with Gasteiger partial charge in [-0.2, -0.15) is 0 Å². The van der Waals surface area contributed by atoms with Gasteiger partial charge in [0, 0.05) is 28.0 Å². The Balaban J connectivity index is 2.39. The number of nitrogens with one attached hydrogen (secondary N) is 1. The zero-order valence-electron chi connectivity index (χ0n) is 11.1. The summed E-state index contributed by atoms with van der Waals surface area (Å²) in [7, 11) is 0. The molecule has 2 aromatic rings. The number of nitrogens with zero attached hydrogens (tertiary/aromatic N) is 1. The Morgan fingerprint density at radius 2 is 2.32 bits per heavy atom. The summed E-state index contributed by atoms with van der Waals surface area (Å²) in [5.41, 5.74) is 8.42. The summed E-state index contributed by atoms with van der Waals surface area (Å²) in [5.74, 6) is -0.127. The molecule has 100 valence electrons. The molecule has 0 saturated heterocycles. The lowest BCUT2D eigenvalue weighted by Gasteiger charge is -2.02. The second-order valence-corrected chi connectivity index (χ2v) is 5.45. The Kier molecular flexibility index (Phi) is 3.85. The first kappa shape index (κ1) is 13.5. The van der Waals surface area contributed by atoms with E-state index in [4.69, 9.17) is 5.73 Å². The fraction of sp³-hybridized carbons (Fsp3) is 0.286. The van der Waals surface area contributed by atoms with Gasteiger partial charge in [0.25, 0.3) is 5.91 Å². The predicted molar refractivity (Wildman–Crippen MR) is 80.7 cm³/mol. The van der Waals surface area contributed by atoms with Crippen molar-refractivity contribution in [3.05, 3.63) is 35.0 Å². The first-order valence-corrected chi connectivity index (χ1v) is 6.91. The van der Waals surface area contributed by atoms with Gasteiger partial charge >= 0.3 is 0 Å². The molecule has 0 radical (unpaired) electrons. The molecular weight excluding hydrogens is 258 g/mol. The van der Waals surface area contributed by atoms with Gasteiger partial charge in [-0.15, -0.1) is 17.9 Å². The van der Waals surface area contributed by atoms with E-state index in [1.165, 1.54) is 11.3 Å². The van der Waals surface area contributed by atoms with Crippen molar-refractivity contribution < 1.29 is 4.79 Å². The molecule has 1 amide bonds. The van der Waals surface area contributed by atoms with E-state index in [-0.39, 0.29) is 5.91 Å². The van der Waals surface area contributed by atoms with Crippen molar-refractivity contribution in [2.45, 2.75) is 20.3 Å². The van der Waals surface area contributed by atoms with Crippen LogP contribution in [0.2, 0.25) is 0 Å². The van der Waals surface area contributed by atoms with Crippen LogP contribution in [0.1, 0.15) is 27.5 Å². The van der Waals surface area contributed by atoms with E-state index in [9.17, 15) is 4.79 Å². The molecule has 0 aliphatic rings. The van der Waals surface area contributed by atoms with E-state index in [0.29, 0.717) is 17.1 Å². The molecular formula is C14H17N3OS. The van der Waals surface area contributed by atoms with Gasteiger partial charge in [-0.25, -0.2) is 0 Å². The number of aromatic nitrogens is 1. The number of nitrogens with two attached hydrogens (primary N) is 1. The number of aryl methyl sites for hydroxylation is 2. The molecule has 19 heavy (non-hydrogen) atoms. The number of fused-ring (bicyclic) bond motifs is 1. The van der Waals surface area contributed by atoms with Crippen LogP contribution in [-0.2, 0) is 0 Å². The van der Waals surface area contributed by atoms with Gasteiger partial charge in [0.2, 0.25) is 0 Å². The van der Waals surface area contributed by atoms with Gasteiger partial charge in [-0.3, -0.25) is 9.78 Å². The molecule has 0 aliphatic carbocycles. The number of rotatable bonds is 4. The van der Waals surface area contributed by atoms with Crippen LogP contribution in [0.15, 0.2) is 18.7 Å². The third-order valence-corrected chi connectivity index (χ3v) is 4.01. The van der Waals surface area contributed by atoms with Crippen LogP contribution in [0.3, 0.4) is 0 Å². The molecule has 3 N–H and O–H groups in total. The summed E-state index contributed by atoms with van der Waals surface area (Å²) in [6.07, 6.45) is 2.52. The van der Waals surface area contributed by atoms with E-state index in [1.54, 1.807) is 6.08 Å². The van der Waals surface area contributed by atoms with Gasteiger partial charge in [0.05, 0.1) is 5.69 Å². The Bertz CT molecular complexity index is 646. The molecule has 0 spiro atoms. The zero-order valence-corrected chi connectivity index (χ0v) is 11.9. The van der Waals surface area contributed by atoms with E-state index in [1.807, 2.05) is 19.9 Å². The number of carbonyl (C=O) groups excluding carboxylic acids is 1. The fourth-order valence-electron chi connectivity index (χ4n) is 2.02. The number of nitrogen functional groups attached to an aromatic ring is 1. The SMILES string of the molecule is C=CCCNC(=O)c1sc2cc(C)nc(C)c2c1N. The highest BCUT2D eigenvalue weighted by Crippen LogP contribution is 2.35. The Morgan fingerprint density at radius 1 is 1.58 bits per heavy atom. The molecule has 0 bridgehead atoms. The van der Waals surface area contributed by atoms with Crippen LogP contribution in [0.4, 0.5) is 5.69 Å². The van der Waals surface area contributed by atoms with E-state index >= 15 is 0 Å². The van der Waals surface area contributed by atoms with Crippen molar-refractivity contribution in [2.24, 2.45) is 0 Å². The Hall–Kier alpha value is -1.88. The summed E-state index contributed by atoms with van der Waals surface area (Å²) in [5, 5.41) is 3.73. The number of anilines is 1. The van der Waals surface area contributed by atoms with Crippen molar-refractivity contribution in [3.63, 3.8) is 0 Å². The monoisotopic (exact) mass is 275 g/mol. The summed E-state index contributed by atoms with van der Waals surface area (Å²) >= 11 is 1.42. The number of hydrogen-bond acceptors (Lipinski definition) is 4. The van der Waals surface area contributed by atoms with Crippen LogP contribution < -0.4 is 11.1 Å². The maximum absolute atomic E-state index is 12.1. The molecule has 0 fully saturated rings. The van der Waals surface area contributed by atoms with E-state index < -0.39 is 0 Å². The van der Waals surface area contributed by atoms with Crippen molar-refractivity contribution in [3.8, 4) is 0 Å². The average molecular weight is 275 g/mol. The van der Waals surface area contributed by atoms with Gasteiger partial charge in [0.1, 0.15) is 4.88 Å². The number of amides is 1. The van der Waals surface area contributed by atoms with Crippen LogP contribution in [-0.4, -0.2) is 17.4 Å². The predicted octanol–water partition coefficient (Wildman–Crippen LogP) is 2.80. The van der Waals surface area contributed by atoms with E-state index in [2.05, 4.69) is 16.9 Å². The fourth-order valence-corrected chi connectivity index (χ4v) is 3.20. The second kappa shape index (κ2) is 5.40. The standard InChI is InChI=1S/C14H17N3OS/c1-4-5-6-16-14(18)13-12(15)11-9(3)17-8(2)7-10(11)19-13/h4,7H,1,5-6,15H2,2-3H3,(H,16,18). The van der Waals surface area contributed by atoms with Crippen LogP contribution >= 0.6 is 11.3 Å². The number of pyridine rings is 1. The lowest BCUT2D eigenvalue weighted by molar-refractivity contribution is 0.0959. The molecule has 0 aromatic carbocycles. The maximum atomic E-state index is 12.1. The van der Waals surface area contributed by atoms with Gasteiger partial charge in [-0.05, 0) is 26.3 Å². The largest absolute Gasteiger partial charge is 0.397 e. The zero-order chi connectivity index (χ0) is 14.0. The molecule has 5 heteroatoms. The summed E-state index contributed by atoms with van der Waals surface area (Å²) in [4.78, 5) is 17.0. The van der Waals surface area contributed by atoms with Gasteiger partial charge in [-0.1, -0.05) is 6.08 Å². The third kappa shape index (κ3) is 2.61. The average Bonchev–Trinajstić information content (AvgIpc) is 2.66. The molecule has 2 rings (SSSR count). The second-order valence-electron chi connectivity index (χ2n) is 4.40. The lowest BCUT2D eigenvalue weighted by atomic mass is 10.2. The highest BCUT2D eigenvalue weighted by molar-refractivity contribution is 7.21. The first-order chi connectivity index (χ1) is 9.04. The summed E-state index contributed by atoms with van der Waals surface area (Å²) in [6, 6.07) is 1.96. The van der Waals surface area contributed by atoms with Gasteiger partial charge < -0.3 is 11.1 Å². The Labute approximate surface area is 116 Å². The van der Waals surface area contributed by atoms with Crippen molar-refractivity contribution in [1.82, 2.24) is 10.3 Å². The number of thiophene rings is 1. The highest BCUT2D eigenvalue weighted by atomic mass is 32.1. The lowest BCUT2D eigenvalue weighted by Crippen LogP contribution is -2.23. The molecule has 0 aliphatic heterocycles. The third-order valence-electron chi connectivity index (χ3n) is 2.86. The highest BCUT2D eigenvalue weighted by Gasteiger charge is 2.18. The normalized spacial score (nSPS) is 10.6. The summed E-state index contributed by atoms with van der Waals surface area (Å²) in [6.45, 7) is 8.05. The van der Waals surface area contributed by atoms with Crippen LogP contribution in [0, 0.1) is 13.8 Å². The summed E-state index contributed by atoms with van der Waals surface area (Å²) < 4.78 is 1.01. The van der Waals surface area contributed by atoms with Crippen molar-refractivity contribution >= 4 is 33.0 Å². The molecule has 2 heterocycles.